The van der Waals surface area contributed by atoms with Gasteiger partial charge in [-0.25, -0.2) is 4.98 Å². The predicted molar refractivity (Wildman–Crippen MR) is 114 cm³/mol. The average molecular weight is 417 g/mol. The number of carbonyl (C=O) groups is 1. The van der Waals surface area contributed by atoms with Crippen LogP contribution in [0, 0.1) is 0 Å². The van der Waals surface area contributed by atoms with Gasteiger partial charge in [-0.05, 0) is 67.9 Å². The van der Waals surface area contributed by atoms with E-state index in [-0.39, 0.29) is 23.7 Å². The van der Waals surface area contributed by atoms with Crippen molar-refractivity contribution in [2.24, 2.45) is 0 Å². The van der Waals surface area contributed by atoms with Crippen LogP contribution in [0.3, 0.4) is 0 Å². The number of ketones is 1. The molecule has 2 heterocycles. The standard InChI is InChI=1S/C21H28N4O3S/c1-13(8-15-5-7-29-12-15)24-19-18(20(27)21(19)28)23-11-16(25(2)3)9-14-4-6-22-17(26)10-14/h4-7,10,12-13,16,20,23-24,27H,8-9,11H2,1-3H3,(H,22,26). The zero-order valence-corrected chi connectivity index (χ0v) is 17.7. The zero-order valence-electron chi connectivity index (χ0n) is 16.9. The first-order chi connectivity index (χ1) is 13.8. The molecular formula is C21H28N4O3S. The van der Waals surface area contributed by atoms with E-state index in [0.717, 1.165) is 12.0 Å². The van der Waals surface area contributed by atoms with Crippen LogP contribution in [0.25, 0.3) is 0 Å². The molecule has 3 unspecified atom stereocenters. The Labute approximate surface area is 175 Å². The highest BCUT2D eigenvalue weighted by atomic mass is 32.1. The summed E-state index contributed by atoms with van der Waals surface area (Å²) in [4.78, 5) is 18.0. The van der Waals surface area contributed by atoms with Gasteiger partial charge in [0.15, 0.2) is 6.10 Å². The second kappa shape index (κ2) is 9.39. The van der Waals surface area contributed by atoms with E-state index in [1.54, 1.807) is 23.6 Å². The fourth-order valence-corrected chi connectivity index (χ4v) is 4.06. The average Bonchev–Trinajstić information content (AvgIpc) is 3.18. The Morgan fingerprint density at radius 1 is 1.28 bits per heavy atom. The third kappa shape index (κ3) is 5.35. The van der Waals surface area contributed by atoms with Crippen molar-refractivity contribution in [2.75, 3.05) is 20.6 Å². The number of aromatic hydroxyl groups is 1. The van der Waals surface area contributed by atoms with Crippen molar-refractivity contribution in [3.05, 3.63) is 57.7 Å². The molecule has 0 amide bonds. The first-order valence-corrected chi connectivity index (χ1v) is 10.6. The number of hydrogen-bond acceptors (Lipinski definition) is 8. The Bertz CT molecular complexity index is 867. The van der Waals surface area contributed by atoms with E-state index in [9.17, 15) is 15.0 Å². The first kappa shape index (κ1) is 21.3. The van der Waals surface area contributed by atoms with Crippen molar-refractivity contribution in [1.82, 2.24) is 20.5 Å². The maximum absolute atomic E-state index is 12.2. The first-order valence-electron chi connectivity index (χ1n) is 9.63. The molecule has 1 aliphatic carbocycles. The van der Waals surface area contributed by atoms with Gasteiger partial charge in [0.2, 0.25) is 11.7 Å². The minimum Gasteiger partial charge on any atom is -0.493 e. The largest absolute Gasteiger partial charge is 0.493 e. The van der Waals surface area contributed by atoms with Gasteiger partial charge >= 0.3 is 0 Å². The molecule has 4 N–H and O–H groups in total. The summed E-state index contributed by atoms with van der Waals surface area (Å²) in [6, 6.07) is 5.79. The number of pyridine rings is 1. The van der Waals surface area contributed by atoms with Crippen LogP contribution >= 0.6 is 11.3 Å². The molecule has 0 spiro atoms. The Balaban J connectivity index is 1.62. The third-order valence-corrected chi connectivity index (χ3v) is 5.82. The van der Waals surface area contributed by atoms with Gasteiger partial charge in [0.05, 0.1) is 5.70 Å². The molecule has 3 atom stereocenters. The molecule has 0 bridgehead atoms. The number of Topliss-reactive ketones (excluding diaryl/α,β-unsaturated/α-hetero) is 1. The van der Waals surface area contributed by atoms with Gasteiger partial charge in [-0.3, -0.25) is 4.79 Å². The number of likely N-dealkylation sites (N-methyl/N-ethyl adjacent to an activating group) is 1. The number of thiophene rings is 1. The Morgan fingerprint density at radius 3 is 2.72 bits per heavy atom. The summed E-state index contributed by atoms with van der Waals surface area (Å²) in [5.41, 5.74) is 3.22. The van der Waals surface area contributed by atoms with Crippen LogP contribution in [0.1, 0.15) is 18.1 Å². The smallest absolute Gasteiger partial charge is 0.215 e. The summed E-state index contributed by atoms with van der Waals surface area (Å²) >= 11 is 1.65. The molecule has 0 aliphatic heterocycles. The number of carbonyl (C=O) groups excluding carboxylic acids is 1. The van der Waals surface area contributed by atoms with Crippen molar-refractivity contribution in [2.45, 2.75) is 38.0 Å². The predicted octanol–water partition coefficient (Wildman–Crippen LogP) is 1.29. The van der Waals surface area contributed by atoms with Crippen LogP contribution in [0.4, 0.5) is 0 Å². The molecule has 0 saturated heterocycles. The number of nitrogens with zero attached hydrogens (tertiary/aromatic N) is 2. The van der Waals surface area contributed by atoms with E-state index in [2.05, 4.69) is 32.0 Å². The molecule has 0 aromatic carbocycles. The van der Waals surface area contributed by atoms with Crippen LogP contribution < -0.4 is 10.6 Å². The van der Waals surface area contributed by atoms with Gasteiger partial charge < -0.3 is 25.7 Å². The lowest BCUT2D eigenvalue weighted by Crippen LogP contribution is -2.52. The molecule has 3 rings (SSSR count). The molecule has 2 aromatic rings. The molecule has 7 nitrogen and oxygen atoms in total. The summed E-state index contributed by atoms with van der Waals surface area (Å²) in [7, 11) is 3.96. The molecule has 0 radical (unpaired) electrons. The van der Waals surface area contributed by atoms with Crippen molar-refractivity contribution < 1.29 is 15.0 Å². The fourth-order valence-electron chi connectivity index (χ4n) is 3.38. The topological polar surface area (TPSA) is 97.7 Å². The van der Waals surface area contributed by atoms with Gasteiger partial charge in [-0.15, -0.1) is 0 Å². The maximum atomic E-state index is 12.2. The summed E-state index contributed by atoms with van der Waals surface area (Å²) < 4.78 is 0. The lowest BCUT2D eigenvalue weighted by molar-refractivity contribution is -0.125. The van der Waals surface area contributed by atoms with Gasteiger partial charge in [0, 0.05) is 30.9 Å². The number of aliphatic hydroxyl groups excluding tert-OH is 1. The molecule has 0 saturated carbocycles. The molecular weight excluding hydrogens is 388 g/mol. The van der Waals surface area contributed by atoms with E-state index in [1.165, 1.54) is 5.56 Å². The molecule has 8 heteroatoms. The molecule has 156 valence electrons. The number of hydrogen-bond donors (Lipinski definition) is 4. The van der Waals surface area contributed by atoms with E-state index in [0.29, 0.717) is 24.4 Å². The minimum atomic E-state index is -1.10. The summed E-state index contributed by atoms with van der Waals surface area (Å²) in [6.45, 7) is 2.58. The highest BCUT2D eigenvalue weighted by molar-refractivity contribution is 7.07. The molecule has 29 heavy (non-hydrogen) atoms. The highest BCUT2D eigenvalue weighted by Gasteiger charge is 2.38. The van der Waals surface area contributed by atoms with Crippen molar-refractivity contribution >= 4 is 17.1 Å². The molecule has 2 aromatic heterocycles. The third-order valence-electron chi connectivity index (χ3n) is 5.09. The van der Waals surface area contributed by atoms with Gasteiger partial charge in [-0.1, -0.05) is 0 Å². The van der Waals surface area contributed by atoms with Gasteiger partial charge in [-0.2, -0.15) is 11.3 Å². The van der Waals surface area contributed by atoms with Crippen LogP contribution in [-0.2, 0) is 17.6 Å². The number of nitrogens with one attached hydrogen (secondary N) is 2. The zero-order chi connectivity index (χ0) is 21.0. The van der Waals surface area contributed by atoms with E-state index >= 15 is 0 Å². The van der Waals surface area contributed by atoms with Gasteiger partial charge in [0.25, 0.3) is 0 Å². The van der Waals surface area contributed by atoms with Crippen LogP contribution in [0.5, 0.6) is 5.88 Å². The van der Waals surface area contributed by atoms with Gasteiger partial charge in [0.1, 0.15) is 5.70 Å². The minimum absolute atomic E-state index is 0.00165. The fraction of sp³-hybridized carbons (Fsp3) is 0.429. The number of aromatic nitrogens is 1. The second-order valence-electron chi connectivity index (χ2n) is 7.66. The highest BCUT2D eigenvalue weighted by Crippen LogP contribution is 2.22. The SMILES string of the molecule is CC(Cc1ccsc1)NC1=C(NCC(Cc2ccnc(O)c2)N(C)C)C(O)C1=O. The summed E-state index contributed by atoms with van der Waals surface area (Å²) in [5.74, 6) is -0.271. The van der Waals surface area contributed by atoms with Crippen molar-refractivity contribution in [3.63, 3.8) is 0 Å². The molecule has 0 fully saturated rings. The lowest BCUT2D eigenvalue weighted by Gasteiger charge is -2.33. The second-order valence-corrected chi connectivity index (χ2v) is 8.44. The number of aliphatic hydroxyl groups is 1. The lowest BCUT2D eigenvalue weighted by atomic mass is 9.93. The monoisotopic (exact) mass is 416 g/mol. The van der Waals surface area contributed by atoms with E-state index in [1.807, 2.05) is 32.5 Å². The quantitative estimate of drug-likeness (QED) is 0.463. The van der Waals surface area contributed by atoms with Crippen LogP contribution in [-0.4, -0.2) is 64.7 Å². The van der Waals surface area contributed by atoms with Crippen LogP contribution in [0.2, 0.25) is 0 Å². The van der Waals surface area contributed by atoms with E-state index < -0.39 is 6.10 Å². The summed E-state index contributed by atoms with van der Waals surface area (Å²) in [5, 5.41) is 30.4. The Hall–Kier alpha value is -2.42. The Morgan fingerprint density at radius 2 is 2.07 bits per heavy atom. The normalized spacial score (nSPS) is 18.5. The van der Waals surface area contributed by atoms with Crippen molar-refractivity contribution in [1.29, 1.82) is 0 Å². The number of rotatable bonds is 10. The Kier molecular flexibility index (Phi) is 6.89. The van der Waals surface area contributed by atoms with Crippen molar-refractivity contribution in [3.8, 4) is 5.88 Å². The maximum Gasteiger partial charge on any atom is 0.215 e. The van der Waals surface area contributed by atoms with Crippen LogP contribution in [0.15, 0.2) is 46.6 Å². The summed E-state index contributed by atoms with van der Waals surface area (Å²) in [6.07, 6.45) is 2.00. The molecule has 1 aliphatic rings. The van der Waals surface area contributed by atoms with E-state index in [4.69, 9.17) is 0 Å².